The van der Waals surface area contributed by atoms with Crippen LogP contribution in [0.5, 0.6) is 0 Å². The third-order valence-electron chi connectivity index (χ3n) is 0.361. The normalized spacial score (nSPS) is 10.0. The van der Waals surface area contributed by atoms with Gasteiger partial charge in [0.05, 0.1) is 0 Å². The lowest BCUT2D eigenvalue weighted by atomic mass is 10.8. The summed E-state index contributed by atoms with van der Waals surface area (Å²) in [6.45, 7) is -0.537. The van der Waals surface area contributed by atoms with Gasteiger partial charge in [-0.15, -0.1) is 19.0 Å². The van der Waals surface area contributed by atoms with E-state index >= 15 is 0 Å². The van der Waals surface area contributed by atoms with Crippen molar-refractivity contribution in [2.75, 3.05) is 5.75 Å². The van der Waals surface area contributed by atoms with Gasteiger partial charge in [-0.2, -0.15) is 0 Å². The Kier molecular flexibility index (Phi) is 7.24. The molecule has 3 nitrogen and oxygen atoms in total. The van der Waals surface area contributed by atoms with E-state index in [1.54, 1.807) is 0 Å². The van der Waals surface area contributed by atoms with Crippen molar-refractivity contribution in [3.05, 3.63) is 12.7 Å². The zero-order chi connectivity index (χ0) is 6.62. The molecule has 0 aromatic rings. The monoisotopic (exact) mass is 190 g/mol. The summed E-state index contributed by atoms with van der Waals surface area (Å²) in [7, 11) is 0. The molecule has 0 rings (SSSR count). The van der Waals surface area contributed by atoms with E-state index in [4.69, 9.17) is 9.79 Å². The predicted molar refractivity (Wildman–Crippen MR) is 41.9 cm³/mol. The minimum Gasteiger partial charge on any atom is -0.317 e. The molecule has 0 saturated heterocycles. The minimum absolute atomic E-state index is 0. The van der Waals surface area contributed by atoms with Gasteiger partial charge in [0.2, 0.25) is 0 Å². The first-order chi connectivity index (χ1) is 3.56. The Morgan fingerprint density at radius 2 is 2.11 bits per heavy atom. The van der Waals surface area contributed by atoms with E-state index in [0.717, 1.165) is 0 Å². The summed E-state index contributed by atoms with van der Waals surface area (Å²) in [5, 5.41) is 0. The van der Waals surface area contributed by atoms with E-state index in [1.165, 1.54) is 6.08 Å². The fourth-order valence-electron chi connectivity index (χ4n) is 0.150. The van der Waals surface area contributed by atoms with Crippen LogP contribution in [0.2, 0.25) is 0 Å². The average molecular weight is 191 g/mol. The summed E-state index contributed by atoms with van der Waals surface area (Å²) >= 11 is 0.582. The Hall–Kier alpha value is 0.530. The van der Waals surface area contributed by atoms with E-state index in [0.29, 0.717) is 17.1 Å². The quantitative estimate of drug-likeness (QED) is 0.522. The third kappa shape index (κ3) is 11.9. The average Bonchev–Trinajstić information content (AvgIpc) is 1.59. The topological polar surface area (TPSA) is 57.5 Å². The van der Waals surface area contributed by atoms with Crippen LogP contribution >= 0.6 is 30.6 Å². The lowest BCUT2D eigenvalue weighted by Crippen LogP contribution is -1.70. The number of hydrogen-bond acceptors (Lipinski definition) is 2. The molecule has 6 heteroatoms. The molecule has 0 aliphatic carbocycles. The fraction of sp³-hybridized carbons (Fsp3) is 0.333. The van der Waals surface area contributed by atoms with E-state index < -0.39 is 6.80 Å². The molecule has 0 bridgehead atoms. The summed E-state index contributed by atoms with van der Waals surface area (Å²) in [6.07, 6.45) is 1.45. The molecular weight excluding hydrogens is 183 g/mol. The Bertz CT molecular complexity index is 122. The van der Waals surface area contributed by atoms with Crippen LogP contribution in [0.25, 0.3) is 0 Å². The summed E-state index contributed by atoms with van der Waals surface area (Å²) in [5.74, 6) is 0.296. The van der Waals surface area contributed by atoms with Crippen molar-refractivity contribution in [3.63, 3.8) is 0 Å². The highest BCUT2D eigenvalue weighted by molar-refractivity contribution is 8.54. The minimum atomic E-state index is -3.84. The van der Waals surface area contributed by atoms with Gasteiger partial charge >= 0.3 is 6.80 Å². The second kappa shape index (κ2) is 5.33. The third-order valence-corrected chi connectivity index (χ3v) is 2.54. The van der Waals surface area contributed by atoms with E-state index in [-0.39, 0.29) is 12.4 Å². The van der Waals surface area contributed by atoms with Crippen LogP contribution in [-0.2, 0) is 4.57 Å². The summed E-state index contributed by atoms with van der Waals surface area (Å²) in [4.78, 5) is 16.4. The maximum atomic E-state index is 10.00. The van der Waals surface area contributed by atoms with Crippen LogP contribution in [0.15, 0.2) is 12.7 Å². The van der Waals surface area contributed by atoms with Crippen LogP contribution in [-0.4, -0.2) is 15.5 Å². The molecule has 0 aromatic heterocycles. The van der Waals surface area contributed by atoms with Crippen LogP contribution in [0.1, 0.15) is 0 Å². The standard InChI is InChI=1S/C3H7O3PS.ClH/c1-2-3-8-7(4,5)6;/h2H,1,3H2,(H2,4,5,6);1H. The van der Waals surface area contributed by atoms with Gasteiger partial charge in [0.1, 0.15) is 0 Å². The first-order valence-corrected chi connectivity index (χ1v) is 5.07. The van der Waals surface area contributed by atoms with Gasteiger partial charge in [-0.25, -0.2) is 4.57 Å². The highest BCUT2D eigenvalue weighted by Crippen LogP contribution is 2.49. The van der Waals surface area contributed by atoms with Crippen molar-refractivity contribution in [1.29, 1.82) is 0 Å². The number of hydrogen-bond donors (Lipinski definition) is 2. The Morgan fingerprint density at radius 1 is 1.67 bits per heavy atom. The zero-order valence-corrected chi connectivity index (χ0v) is 7.09. The van der Waals surface area contributed by atoms with Crippen LogP contribution in [0, 0.1) is 0 Å². The molecule has 0 saturated carbocycles. The van der Waals surface area contributed by atoms with E-state index in [9.17, 15) is 4.57 Å². The van der Waals surface area contributed by atoms with Gasteiger partial charge in [0.15, 0.2) is 0 Å². The molecule has 0 spiro atoms. The Balaban J connectivity index is 0. The molecule has 2 N–H and O–H groups in total. The molecule has 0 aliphatic rings. The summed E-state index contributed by atoms with van der Waals surface area (Å²) < 4.78 is 10.00. The second-order valence-corrected chi connectivity index (χ2v) is 4.85. The zero-order valence-electron chi connectivity index (χ0n) is 4.56. The predicted octanol–water partition coefficient (Wildman–Crippen LogP) is 1.42. The van der Waals surface area contributed by atoms with Crippen molar-refractivity contribution >= 4 is 30.6 Å². The molecule has 0 aliphatic heterocycles. The molecule has 56 valence electrons. The van der Waals surface area contributed by atoms with Gasteiger partial charge in [-0.05, 0) is 11.4 Å². The molecule has 0 amide bonds. The van der Waals surface area contributed by atoms with Crippen molar-refractivity contribution < 1.29 is 14.4 Å². The van der Waals surface area contributed by atoms with Gasteiger partial charge in [0.25, 0.3) is 0 Å². The maximum Gasteiger partial charge on any atom is 0.384 e. The summed E-state index contributed by atoms with van der Waals surface area (Å²) in [6, 6.07) is 0. The molecule has 0 heterocycles. The fourth-order valence-corrected chi connectivity index (χ4v) is 1.35. The molecule has 9 heavy (non-hydrogen) atoms. The van der Waals surface area contributed by atoms with Gasteiger partial charge in [-0.1, -0.05) is 6.08 Å². The summed E-state index contributed by atoms with van der Waals surface area (Å²) in [5.41, 5.74) is 0. The lowest BCUT2D eigenvalue weighted by molar-refractivity contribution is 0.397. The Morgan fingerprint density at radius 3 is 2.22 bits per heavy atom. The second-order valence-electron chi connectivity index (χ2n) is 1.08. The molecular formula is C3H8ClO3PS. The SMILES string of the molecule is C=CCSP(=O)(O)O.Cl. The van der Waals surface area contributed by atoms with Crippen molar-refractivity contribution in [2.45, 2.75) is 0 Å². The van der Waals surface area contributed by atoms with E-state index in [2.05, 4.69) is 6.58 Å². The highest BCUT2D eigenvalue weighted by atomic mass is 35.5. The van der Waals surface area contributed by atoms with Gasteiger partial charge in [-0.3, -0.25) is 0 Å². The number of rotatable bonds is 3. The molecule has 0 unspecified atom stereocenters. The maximum absolute atomic E-state index is 10.00. The van der Waals surface area contributed by atoms with Crippen LogP contribution < -0.4 is 0 Å². The van der Waals surface area contributed by atoms with Gasteiger partial charge < -0.3 is 9.79 Å². The van der Waals surface area contributed by atoms with E-state index in [1.807, 2.05) is 0 Å². The van der Waals surface area contributed by atoms with Crippen LogP contribution in [0.3, 0.4) is 0 Å². The van der Waals surface area contributed by atoms with Gasteiger partial charge in [0, 0.05) is 5.75 Å². The molecule has 0 atom stereocenters. The van der Waals surface area contributed by atoms with Crippen molar-refractivity contribution in [3.8, 4) is 0 Å². The van der Waals surface area contributed by atoms with Crippen molar-refractivity contribution in [1.82, 2.24) is 0 Å². The smallest absolute Gasteiger partial charge is 0.317 e. The largest absolute Gasteiger partial charge is 0.384 e. The molecule has 0 aromatic carbocycles. The molecule has 0 fully saturated rings. The van der Waals surface area contributed by atoms with Crippen molar-refractivity contribution in [2.24, 2.45) is 0 Å². The first kappa shape index (κ1) is 12.2. The number of halogens is 1. The first-order valence-electron chi connectivity index (χ1n) is 1.87. The van der Waals surface area contributed by atoms with Crippen LogP contribution in [0.4, 0.5) is 0 Å². The Labute approximate surface area is 63.9 Å². The lowest BCUT2D eigenvalue weighted by Gasteiger charge is -1.96. The molecule has 0 radical (unpaired) electrons. The highest BCUT2D eigenvalue weighted by Gasteiger charge is 2.10.